The van der Waals surface area contributed by atoms with E-state index in [0.717, 1.165) is 16.7 Å². The van der Waals surface area contributed by atoms with Gasteiger partial charge in [-0.3, -0.25) is 14.9 Å². The average Bonchev–Trinajstić information content (AvgIpc) is 3.27. The van der Waals surface area contributed by atoms with Gasteiger partial charge in [-0.25, -0.2) is 4.79 Å². The van der Waals surface area contributed by atoms with Crippen molar-refractivity contribution in [2.45, 2.75) is 32.3 Å². The van der Waals surface area contributed by atoms with Crippen LogP contribution >= 0.6 is 0 Å². The molecule has 9 heteroatoms. The Kier molecular flexibility index (Phi) is 6.66. The number of carboxylic acids is 1. The molecule has 0 aliphatic carbocycles. The molecule has 1 aromatic heterocycles. The zero-order valence-corrected chi connectivity index (χ0v) is 20.7. The molecule has 0 fully saturated rings. The van der Waals surface area contributed by atoms with Crippen LogP contribution in [-0.2, 0) is 14.3 Å². The number of carbonyl (C=O) groups excluding carboxylic acids is 2. The van der Waals surface area contributed by atoms with Crippen LogP contribution in [0.25, 0.3) is 22.5 Å². The van der Waals surface area contributed by atoms with Crippen LogP contribution in [-0.4, -0.2) is 28.2 Å². The van der Waals surface area contributed by atoms with Crippen molar-refractivity contribution in [3.8, 4) is 22.5 Å². The van der Waals surface area contributed by atoms with Gasteiger partial charge in [0, 0.05) is 17.7 Å². The van der Waals surface area contributed by atoms with E-state index in [9.17, 15) is 19.5 Å². The summed E-state index contributed by atoms with van der Waals surface area (Å²) in [5.41, 5.74) is 5.23. The highest BCUT2D eigenvalue weighted by Gasteiger charge is 2.30. The maximum atomic E-state index is 12.6. The third-order valence-corrected chi connectivity index (χ3v) is 6.51. The maximum Gasteiger partial charge on any atom is 0.412 e. The van der Waals surface area contributed by atoms with Crippen molar-refractivity contribution in [1.82, 2.24) is 5.16 Å². The predicted octanol–water partition coefficient (Wildman–Crippen LogP) is 6.14. The number of aliphatic carboxylic acids is 1. The average molecular weight is 512 g/mol. The van der Waals surface area contributed by atoms with Gasteiger partial charge in [-0.15, -0.1) is 0 Å². The largest absolute Gasteiger partial charge is 0.481 e. The Morgan fingerprint density at radius 3 is 2.45 bits per heavy atom. The molecule has 5 rings (SSSR count). The number of hydrogen-bond acceptors (Lipinski definition) is 6. The van der Waals surface area contributed by atoms with Gasteiger partial charge in [0.2, 0.25) is 5.91 Å². The molecule has 2 heterocycles. The quantitative estimate of drug-likeness (QED) is 0.283. The van der Waals surface area contributed by atoms with Gasteiger partial charge in [0.1, 0.15) is 17.5 Å². The van der Waals surface area contributed by atoms with Crippen molar-refractivity contribution in [1.29, 1.82) is 0 Å². The van der Waals surface area contributed by atoms with E-state index < -0.39 is 24.1 Å². The SMILES string of the molecule is Cc1noc(-c2ccc(-c3ccc4c(c3)NC(=O)CC4C(=O)O)cc2)c1NC(=O)O[C@H](C)c1ccccc1. The summed E-state index contributed by atoms with van der Waals surface area (Å²) in [6.07, 6.45) is -1.14. The normalized spacial score (nSPS) is 15.2. The highest BCUT2D eigenvalue weighted by Crippen LogP contribution is 2.37. The number of anilines is 2. The second-order valence-electron chi connectivity index (χ2n) is 9.08. The molecule has 1 unspecified atom stereocenters. The van der Waals surface area contributed by atoms with Crippen molar-refractivity contribution in [3.63, 3.8) is 0 Å². The summed E-state index contributed by atoms with van der Waals surface area (Å²) in [6, 6.07) is 22.2. The Balaban J connectivity index is 1.34. The minimum absolute atomic E-state index is 0.0813. The number of carbonyl (C=O) groups is 3. The monoisotopic (exact) mass is 511 g/mol. The molecule has 3 aromatic carbocycles. The molecule has 2 amide bonds. The number of benzene rings is 3. The molecule has 0 spiro atoms. The minimum atomic E-state index is -1.02. The van der Waals surface area contributed by atoms with Crippen LogP contribution in [0.1, 0.15) is 42.2 Å². The zero-order chi connectivity index (χ0) is 26.8. The molecule has 0 saturated carbocycles. The van der Waals surface area contributed by atoms with Crippen molar-refractivity contribution >= 4 is 29.3 Å². The van der Waals surface area contributed by atoms with Crippen molar-refractivity contribution < 1.29 is 28.8 Å². The van der Waals surface area contributed by atoms with Crippen LogP contribution < -0.4 is 10.6 Å². The lowest BCUT2D eigenvalue weighted by Crippen LogP contribution is -2.27. The van der Waals surface area contributed by atoms with Crippen LogP contribution in [0.2, 0.25) is 0 Å². The Morgan fingerprint density at radius 2 is 1.74 bits per heavy atom. The number of fused-ring (bicyclic) bond motifs is 1. The fraction of sp³-hybridized carbons (Fsp3) is 0.172. The van der Waals surface area contributed by atoms with Gasteiger partial charge in [-0.2, -0.15) is 0 Å². The summed E-state index contributed by atoms with van der Waals surface area (Å²) >= 11 is 0. The fourth-order valence-corrected chi connectivity index (χ4v) is 4.48. The molecule has 3 N–H and O–H groups in total. The van der Waals surface area contributed by atoms with Gasteiger partial charge in [0.15, 0.2) is 5.76 Å². The van der Waals surface area contributed by atoms with E-state index in [0.29, 0.717) is 34.0 Å². The standard InChI is InChI=1S/C29H25N3O6/c1-16-26(31-29(36)37-17(2)18-6-4-3-5-7-18)27(38-32-16)20-10-8-19(9-11-20)21-12-13-22-23(28(34)35)15-25(33)30-24(22)14-21/h3-14,17,23H,15H2,1-2H3,(H,30,33)(H,31,36)(H,34,35)/t17-,23?/m1/s1. The second-order valence-corrected chi connectivity index (χ2v) is 9.08. The molecule has 192 valence electrons. The maximum absolute atomic E-state index is 12.6. The first-order chi connectivity index (χ1) is 18.3. The Labute approximate surface area is 218 Å². The Bertz CT molecular complexity index is 1510. The van der Waals surface area contributed by atoms with Crippen LogP contribution in [0, 0.1) is 6.92 Å². The van der Waals surface area contributed by atoms with E-state index in [1.54, 1.807) is 26.0 Å². The molecular weight excluding hydrogens is 486 g/mol. The predicted molar refractivity (Wildman–Crippen MR) is 141 cm³/mol. The number of rotatable bonds is 6. The Morgan fingerprint density at radius 1 is 1.05 bits per heavy atom. The van der Waals surface area contributed by atoms with E-state index >= 15 is 0 Å². The summed E-state index contributed by atoms with van der Waals surface area (Å²) in [5.74, 6) is -1.82. The second kappa shape index (κ2) is 10.2. The van der Waals surface area contributed by atoms with Gasteiger partial charge in [0.05, 0.1) is 5.92 Å². The smallest absolute Gasteiger partial charge is 0.412 e. The topological polar surface area (TPSA) is 131 Å². The van der Waals surface area contributed by atoms with Gasteiger partial charge in [-0.05, 0) is 42.2 Å². The molecule has 1 aliphatic heterocycles. The van der Waals surface area contributed by atoms with E-state index in [2.05, 4.69) is 15.8 Å². The summed E-state index contributed by atoms with van der Waals surface area (Å²) in [5, 5.41) is 19.0. The molecule has 9 nitrogen and oxygen atoms in total. The van der Waals surface area contributed by atoms with Gasteiger partial charge in [-0.1, -0.05) is 71.9 Å². The fourth-order valence-electron chi connectivity index (χ4n) is 4.48. The lowest BCUT2D eigenvalue weighted by atomic mass is 9.89. The lowest BCUT2D eigenvalue weighted by molar-refractivity contribution is -0.140. The summed E-state index contributed by atoms with van der Waals surface area (Å²) in [7, 11) is 0. The number of hydrogen-bond donors (Lipinski definition) is 3. The number of aryl methyl sites for hydroxylation is 1. The third kappa shape index (κ3) is 4.99. The molecule has 38 heavy (non-hydrogen) atoms. The summed E-state index contributed by atoms with van der Waals surface area (Å²) < 4.78 is 11.0. The van der Waals surface area contributed by atoms with Gasteiger partial charge < -0.3 is 19.7 Å². The van der Waals surface area contributed by atoms with Crippen molar-refractivity contribution in [2.75, 3.05) is 10.6 Å². The van der Waals surface area contributed by atoms with Crippen LogP contribution in [0.3, 0.4) is 0 Å². The van der Waals surface area contributed by atoms with Gasteiger partial charge >= 0.3 is 12.1 Å². The summed E-state index contributed by atoms with van der Waals surface area (Å²) in [4.78, 5) is 36.2. The molecule has 1 aliphatic rings. The summed E-state index contributed by atoms with van der Waals surface area (Å²) in [6.45, 7) is 3.52. The highest BCUT2D eigenvalue weighted by atomic mass is 16.6. The van der Waals surface area contributed by atoms with Crippen molar-refractivity contribution in [2.24, 2.45) is 0 Å². The van der Waals surface area contributed by atoms with Gasteiger partial charge in [0.25, 0.3) is 0 Å². The molecule has 4 aromatic rings. The zero-order valence-electron chi connectivity index (χ0n) is 20.7. The van der Waals surface area contributed by atoms with Crippen LogP contribution in [0.15, 0.2) is 77.3 Å². The van der Waals surface area contributed by atoms with E-state index in [4.69, 9.17) is 9.26 Å². The van der Waals surface area contributed by atoms with E-state index in [-0.39, 0.29) is 12.3 Å². The van der Waals surface area contributed by atoms with E-state index in [1.807, 2.05) is 60.7 Å². The third-order valence-electron chi connectivity index (χ3n) is 6.51. The minimum Gasteiger partial charge on any atom is -0.481 e. The van der Waals surface area contributed by atoms with Crippen LogP contribution in [0.5, 0.6) is 0 Å². The van der Waals surface area contributed by atoms with E-state index in [1.165, 1.54) is 0 Å². The number of nitrogens with zero attached hydrogens (tertiary/aromatic N) is 1. The number of ether oxygens (including phenoxy) is 1. The highest BCUT2D eigenvalue weighted by molar-refractivity contribution is 6.00. The number of nitrogens with one attached hydrogen (secondary N) is 2. The van der Waals surface area contributed by atoms with Crippen LogP contribution in [0.4, 0.5) is 16.2 Å². The molecular formula is C29H25N3O6. The lowest BCUT2D eigenvalue weighted by Gasteiger charge is -2.23. The Hall–Kier alpha value is -4.92. The molecule has 0 bridgehead atoms. The number of aromatic nitrogens is 1. The first kappa shape index (κ1) is 24.8. The first-order valence-corrected chi connectivity index (χ1v) is 12.1. The number of carboxylic acid groups (broad SMARTS) is 1. The molecule has 0 saturated heterocycles. The van der Waals surface area contributed by atoms with Crippen molar-refractivity contribution in [3.05, 3.63) is 89.6 Å². The first-order valence-electron chi connectivity index (χ1n) is 12.1. The number of amides is 2. The molecule has 2 atom stereocenters. The molecule has 0 radical (unpaired) electrons.